The maximum absolute atomic E-state index is 10.4. The van der Waals surface area contributed by atoms with Crippen molar-refractivity contribution in [2.75, 3.05) is 0 Å². The van der Waals surface area contributed by atoms with Crippen molar-refractivity contribution < 1.29 is 14.6 Å². The average molecular weight is 262 g/mol. The predicted octanol–water partition coefficient (Wildman–Crippen LogP) is 1.32. The molecule has 0 spiro atoms. The van der Waals surface area contributed by atoms with Crippen LogP contribution in [0.5, 0.6) is 5.75 Å². The van der Waals surface area contributed by atoms with Crippen LogP contribution in [0.1, 0.15) is 16.3 Å². The van der Waals surface area contributed by atoms with Crippen LogP contribution in [0.25, 0.3) is 0 Å². The number of aromatic nitrogens is 1. The maximum atomic E-state index is 10.4. The second-order valence-corrected chi connectivity index (χ2v) is 4.83. The van der Waals surface area contributed by atoms with Crippen LogP contribution in [0.15, 0.2) is 29.6 Å². The number of nitrogens with zero attached hydrogens (tertiary/aromatic N) is 1. The first kappa shape index (κ1) is 12.6. The molecule has 0 aliphatic carbocycles. The fourth-order valence-electron chi connectivity index (χ4n) is 1.49. The van der Waals surface area contributed by atoms with Gasteiger partial charge in [-0.05, 0) is 24.6 Å². The lowest BCUT2D eigenvalue weighted by Crippen LogP contribution is -2.24. The van der Waals surface area contributed by atoms with Crippen LogP contribution >= 0.6 is 11.3 Å². The van der Waals surface area contributed by atoms with Gasteiger partial charge in [-0.15, -0.1) is 11.3 Å². The van der Waals surface area contributed by atoms with E-state index in [1.165, 1.54) is 11.3 Å². The van der Waals surface area contributed by atoms with E-state index in [4.69, 9.17) is 4.74 Å². The van der Waals surface area contributed by atoms with Gasteiger partial charge in [0.15, 0.2) is 0 Å². The first-order chi connectivity index (χ1) is 8.63. The molecular formula is C13H12NO3S-. The molecule has 2 rings (SSSR count). The molecule has 0 atom stereocenters. The van der Waals surface area contributed by atoms with Crippen molar-refractivity contribution in [2.45, 2.75) is 20.0 Å². The molecule has 0 aliphatic rings. The highest BCUT2D eigenvalue weighted by Crippen LogP contribution is 2.16. The lowest BCUT2D eigenvalue weighted by Gasteiger charge is -2.04. The van der Waals surface area contributed by atoms with E-state index in [-0.39, 0.29) is 6.42 Å². The van der Waals surface area contributed by atoms with Gasteiger partial charge in [0.2, 0.25) is 0 Å². The Balaban J connectivity index is 1.94. The molecule has 0 saturated heterocycles. The van der Waals surface area contributed by atoms with E-state index < -0.39 is 5.97 Å². The van der Waals surface area contributed by atoms with E-state index in [1.54, 1.807) is 5.38 Å². The highest BCUT2D eigenvalue weighted by molar-refractivity contribution is 7.09. The van der Waals surface area contributed by atoms with Gasteiger partial charge in [-0.1, -0.05) is 12.1 Å². The van der Waals surface area contributed by atoms with Crippen LogP contribution in [0, 0.1) is 6.92 Å². The average Bonchev–Trinajstić information content (AvgIpc) is 2.73. The molecule has 0 radical (unpaired) electrons. The molecule has 94 valence electrons. The van der Waals surface area contributed by atoms with Crippen LogP contribution in [0.3, 0.4) is 0 Å². The third-order valence-corrected chi connectivity index (χ3v) is 3.15. The number of carbonyl (C=O) groups excluding carboxylic acids is 1. The van der Waals surface area contributed by atoms with Gasteiger partial charge in [0, 0.05) is 17.8 Å². The number of carbonyl (C=O) groups is 1. The summed E-state index contributed by atoms with van der Waals surface area (Å²) in [6, 6.07) is 7.74. The minimum atomic E-state index is -1.12. The highest BCUT2D eigenvalue weighted by atomic mass is 32.1. The summed E-state index contributed by atoms with van der Waals surface area (Å²) in [5.74, 6) is -0.335. The number of aryl methyl sites for hydroxylation is 1. The summed E-state index contributed by atoms with van der Waals surface area (Å²) in [7, 11) is 0. The van der Waals surface area contributed by atoms with Crippen molar-refractivity contribution in [3.8, 4) is 5.75 Å². The molecule has 0 aliphatic heterocycles. The lowest BCUT2D eigenvalue weighted by molar-refractivity contribution is -0.304. The first-order valence-corrected chi connectivity index (χ1v) is 6.34. The zero-order valence-electron chi connectivity index (χ0n) is 9.88. The Bertz CT molecular complexity index is 551. The lowest BCUT2D eigenvalue weighted by atomic mass is 10.2. The van der Waals surface area contributed by atoms with E-state index in [2.05, 4.69) is 4.98 Å². The van der Waals surface area contributed by atoms with Crippen LogP contribution < -0.4 is 9.84 Å². The molecule has 0 unspecified atom stereocenters. The van der Waals surface area contributed by atoms with Crippen molar-refractivity contribution in [1.82, 2.24) is 4.98 Å². The van der Waals surface area contributed by atoms with Crippen molar-refractivity contribution in [2.24, 2.45) is 0 Å². The Hall–Kier alpha value is -1.88. The number of carboxylic acid groups (broad SMARTS) is 1. The standard InChI is InChI=1S/C13H13NO3S/c1-9-3-2-4-11(5-9)17-7-12-14-10(8-18-12)6-13(15)16/h2-5,8H,6-7H2,1H3,(H,15,16)/p-1. The monoisotopic (exact) mass is 262 g/mol. The van der Waals surface area contributed by atoms with Crippen LogP contribution in [-0.4, -0.2) is 11.0 Å². The molecular weight excluding hydrogens is 250 g/mol. The van der Waals surface area contributed by atoms with Crippen molar-refractivity contribution >= 4 is 17.3 Å². The number of carboxylic acids is 1. The van der Waals surface area contributed by atoms with Gasteiger partial charge in [-0.2, -0.15) is 0 Å². The van der Waals surface area contributed by atoms with Gasteiger partial charge in [-0.25, -0.2) is 4.98 Å². The third kappa shape index (κ3) is 3.56. The number of benzene rings is 1. The number of hydrogen-bond donors (Lipinski definition) is 0. The quantitative estimate of drug-likeness (QED) is 0.815. The van der Waals surface area contributed by atoms with Crippen LogP contribution in [0.2, 0.25) is 0 Å². The molecule has 4 nitrogen and oxygen atoms in total. The minimum Gasteiger partial charge on any atom is -0.550 e. The molecule has 1 aromatic carbocycles. The molecule has 2 aromatic rings. The van der Waals surface area contributed by atoms with Gasteiger partial charge >= 0.3 is 0 Å². The van der Waals surface area contributed by atoms with Crippen molar-refractivity contribution in [3.63, 3.8) is 0 Å². The molecule has 0 fully saturated rings. The number of aliphatic carboxylic acids is 1. The largest absolute Gasteiger partial charge is 0.550 e. The Labute approximate surface area is 109 Å². The maximum Gasteiger partial charge on any atom is 0.140 e. The van der Waals surface area contributed by atoms with Gasteiger partial charge in [0.1, 0.15) is 17.4 Å². The molecule has 1 heterocycles. The number of ether oxygens (including phenoxy) is 1. The summed E-state index contributed by atoms with van der Waals surface area (Å²) in [6.07, 6.45) is -0.152. The van der Waals surface area contributed by atoms with Crippen LogP contribution in [-0.2, 0) is 17.8 Å². The summed E-state index contributed by atoms with van der Waals surface area (Å²) >= 11 is 1.39. The number of rotatable bonds is 5. The van der Waals surface area contributed by atoms with E-state index in [0.29, 0.717) is 12.3 Å². The Morgan fingerprint density at radius 2 is 2.33 bits per heavy atom. The van der Waals surface area contributed by atoms with Gasteiger partial charge in [0.25, 0.3) is 0 Å². The van der Waals surface area contributed by atoms with Crippen molar-refractivity contribution in [3.05, 3.63) is 45.9 Å². The van der Waals surface area contributed by atoms with E-state index in [9.17, 15) is 9.90 Å². The molecule has 0 N–H and O–H groups in total. The number of hydrogen-bond acceptors (Lipinski definition) is 5. The smallest absolute Gasteiger partial charge is 0.140 e. The SMILES string of the molecule is Cc1cccc(OCc2nc(CC(=O)[O-])cs2)c1. The first-order valence-electron chi connectivity index (χ1n) is 5.46. The van der Waals surface area contributed by atoms with Crippen LogP contribution in [0.4, 0.5) is 0 Å². The second-order valence-electron chi connectivity index (χ2n) is 3.89. The molecule has 1 aromatic heterocycles. The predicted molar refractivity (Wildman–Crippen MR) is 66.3 cm³/mol. The topological polar surface area (TPSA) is 62.2 Å². The Kier molecular flexibility index (Phi) is 3.94. The van der Waals surface area contributed by atoms with Gasteiger partial charge in [-0.3, -0.25) is 0 Å². The van der Waals surface area contributed by atoms with E-state index in [0.717, 1.165) is 16.3 Å². The van der Waals surface area contributed by atoms with Crippen molar-refractivity contribution in [1.29, 1.82) is 0 Å². The Morgan fingerprint density at radius 3 is 3.06 bits per heavy atom. The number of thiazole rings is 1. The molecule has 0 amide bonds. The molecule has 0 bridgehead atoms. The normalized spacial score (nSPS) is 10.3. The van der Waals surface area contributed by atoms with Gasteiger partial charge in [0.05, 0.1) is 5.69 Å². The fourth-order valence-corrected chi connectivity index (χ4v) is 2.20. The molecule has 5 heteroatoms. The minimum absolute atomic E-state index is 0.152. The van der Waals surface area contributed by atoms with E-state index >= 15 is 0 Å². The zero-order valence-corrected chi connectivity index (χ0v) is 10.7. The fraction of sp³-hybridized carbons (Fsp3) is 0.231. The summed E-state index contributed by atoms with van der Waals surface area (Å²) in [5, 5.41) is 12.9. The summed E-state index contributed by atoms with van der Waals surface area (Å²) in [4.78, 5) is 14.6. The summed E-state index contributed by atoms with van der Waals surface area (Å²) < 4.78 is 5.58. The summed E-state index contributed by atoms with van der Waals surface area (Å²) in [6.45, 7) is 2.34. The summed E-state index contributed by atoms with van der Waals surface area (Å²) in [5.41, 5.74) is 1.65. The molecule has 0 saturated carbocycles. The Morgan fingerprint density at radius 1 is 1.50 bits per heavy atom. The zero-order chi connectivity index (χ0) is 13.0. The van der Waals surface area contributed by atoms with E-state index in [1.807, 2.05) is 31.2 Å². The molecule has 18 heavy (non-hydrogen) atoms. The second kappa shape index (κ2) is 5.64. The van der Waals surface area contributed by atoms with Gasteiger partial charge < -0.3 is 14.6 Å². The third-order valence-electron chi connectivity index (χ3n) is 2.28. The highest BCUT2D eigenvalue weighted by Gasteiger charge is 2.03.